The van der Waals surface area contributed by atoms with Crippen molar-refractivity contribution >= 4 is 16.8 Å². The van der Waals surface area contributed by atoms with Gasteiger partial charge in [-0.1, -0.05) is 63.8 Å². The van der Waals surface area contributed by atoms with Gasteiger partial charge in [-0.15, -0.1) is 0 Å². The third-order valence-corrected chi connectivity index (χ3v) is 5.47. The van der Waals surface area contributed by atoms with Crippen LogP contribution in [0.25, 0.3) is 10.9 Å². The van der Waals surface area contributed by atoms with Crippen LogP contribution in [0.3, 0.4) is 0 Å². The highest BCUT2D eigenvalue weighted by Crippen LogP contribution is 2.30. The van der Waals surface area contributed by atoms with E-state index in [1.54, 1.807) is 13.2 Å². The minimum atomic E-state index is -0.0988. The minimum Gasteiger partial charge on any atom is -0.489 e. The number of carbonyl (C=O) groups is 1. The molecule has 0 unspecified atom stereocenters. The predicted molar refractivity (Wildman–Crippen MR) is 131 cm³/mol. The largest absolute Gasteiger partial charge is 0.489 e. The van der Waals surface area contributed by atoms with Gasteiger partial charge in [-0.3, -0.25) is 4.79 Å². The molecule has 5 nitrogen and oxygen atoms in total. The van der Waals surface area contributed by atoms with Gasteiger partial charge >= 0.3 is 0 Å². The van der Waals surface area contributed by atoms with Crippen LogP contribution in [0, 0.1) is 0 Å². The van der Waals surface area contributed by atoms with Crippen molar-refractivity contribution in [3.05, 3.63) is 78.0 Å². The van der Waals surface area contributed by atoms with Gasteiger partial charge in [-0.05, 0) is 41.2 Å². The number of methoxy groups -OCH3 is 1. The van der Waals surface area contributed by atoms with Crippen molar-refractivity contribution < 1.29 is 14.3 Å². The second-order valence-electron chi connectivity index (χ2n) is 8.95. The number of hydrogen-bond acceptors (Lipinski definition) is 3. The Morgan fingerprint density at radius 3 is 2.56 bits per heavy atom. The van der Waals surface area contributed by atoms with Gasteiger partial charge in [0.2, 0.25) is 0 Å². The lowest BCUT2D eigenvalue weighted by atomic mass is 9.87. The van der Waals surface area contributed by atoms with Crippen LogP contribution in [-0.2, 0) is 16.7 Å². The number of amides is 1. The molecule has 0 spiro atoms. The number of rotatable bonds is 10. The molecule has 0 fully saturated rings. The Morgan fingerprint density at radius 2 is 1.91 bits per heavy atom. The van der Waals surface area contributed by atoms with Crippen molar-refractivity contribution in [1.82, 2.24) is 9.88 Å². The minimum absolute atomic E-state index is 0.0988. The van der Waals surface area contributed by atoms with Crippen molar-refractivity contribution in [2.24, 2.45) is 0 Å². The number of fused-ring (bicyclic) bond motifs is 1. The first-order chi connectivity index (χ1) is 15.3. The van der Waals surface area contributed by atoms with Gasteiger partial charge in [0.05, 0.1) is 5.52 Å². The van der Waals surface area contributed by atoms with E-state index in [0.29, 0.717) is 32.0 Å². The number of carbonyl (C=O) groups excluding carboxylic acids is 1. The molecule has 0 atom stereocenters. The van der Waals surface area contributed by atoms with E-state index < -0.39 is 0 Å². The van der Waals surface area contributed by atoms with Crippen LogP contribution in [0.15, 0.2) is 61.2 Å². The first-order valence-corrected chi connectivity index (χ1v) is 11.1. The smallest absolute Gasteiger partial charge is 0.267 e. The van der Waals surface area contributed by atoms with Crippen LogP contribution >= 0.6 is 0 Å². The quantitative estimate of drug-likeness (QED) is 0.347. The third kappa shape index (κ3) is 5.60. The highest BCUT2D eigenvalue weighted by Gasteiger charge is 2.19. The number of aromatic nitrogens is 1. The van der Waals surface area contributed by atoms with E-state index >= 15 is 0 Å². The van der Waals surface area contributed by atoms with Gasteiger partial charge < -0.3 is 19.4 Å². The van der Waals surface area contributed by atoms with Gasteiger partial charge in [0.15, 0.2) is 0 Å². The van der Waals surface area contributed by atoms with Gasteiger partial charge in [-0.25, -0.2) is 0 Å². The monoisotopic (exact) mass is 434 g/mol. The fourth-order valence-corrected chi connectivity index (χ4v) is 3.69. The molecule has 5 heteroatoms. The van der Waals surface area contributed by atoms with Crippen LogP contribution in [0.4, 0.5) is 0 Å². The Labute approximate surface area is 191 Å². The van der Waals surface area contributed by atoms with Crippen LogP contribution in [0.5, 0.6) is 5.75 Å². The molecule has 0 aliphatic heterocycles. The highest BCUT2D eigenvalue weighted by molar-refractivity contribution is 6.00. The number of nitrogens with one attached hydrogen (secondary N) is 1. The molecule has 1 amide bonds. The van der Waals surface area contributed by atoms with Crippen molar-refractivity contribution in [1.29, 1.82) is 0 Å². The number of nitrogens with zero attached hydrogens (tertiary/aromatic N) is 1. The van der Waals surface area contributed by atoms with Crippen LogP contribution in [-0.4, -0.2) is 37.3 Å². The van der Waals surface area contributed by atoms with E-state index in [0.717, 1.165) is 28.6 Å². The second-order valence-corrected chi connectivity index (χ2v) is 8.95. The molecular formula is C27H34N2O3. The summed E-state index contributed by atoms with van der Waals surface area (Å²) in [5.74, 6) is 0.649. The maximum absolute atomic E-state index is 13.1. The lowest BCUT2D eigenvalue weighted by Gasteiger charge is -2.19. The SMILES string of the molecule is C=CCOc1cccc2c1cc(C(=O)NCCCOC)n2Cc1ccc(C(C)(C)C)cc1. The Bertz CT molecular complexity index is 1060. The molecule has 0 bridgehead atoms. The zero-order valence-electron chi connectivity index (χ0n) is 19.6. The van der Waals surface area contributed by atoms with Crippen molar-refractivity contribution in [3.8, 4) is 5.75 Å². The summed E-state index contributed by atoms with van der Waals surface area (Å²) in [6, 6.07) is 16.5. The number of benzene rings is 2. The average molecular weight is 435 g/mol. The van der Waals surface area contributed by atoms with Crippen LogP contribution in [0.1, 0.15) is 48.8 Å². The maximum atomic E-state index is 13.1. The lowest BCUT2D eigenvalue weighted by Crippen LogP contribution is -2.27. The van der Waals surface area contributed by atoms with E-state index in [9.17, 15) is 4.79 Å². The van der Waals surface area contributed by atoms with E-state index in [1.807, 2.05) is 24.3 Å². The van der Waals surface area contributed by atoms with E-state index in [1.165, 1.54) is 5.56 Å². The summed E-state index contributed by atoms with van der Waals surface area (Å²) in [6.45, 7) is 12.5. The summed E-state index contributed by atoms with van der Waals surface area (Å²) in [7, 11) is 1.66. The first kappa shape index (κ1) is 23.6. The van der Waals surface area contributed by atoms with Crippen molar-refractivity contribution in [2.75, 3.05) is 26.9 Å². The second kappa shape index (κ2) is 10.5. The summed E-state index contributed by atoms with van der Waals surface area (Å²) in [5.41, 5.74) is 4.11. The lowest BCUT2D eigenvalue weighted by molar-refractivity contribution is 0.0940. The van der Waals surface area contributed by atoms with E-state index in [4.69, 9.17) is 9.47 Å². The van der Waals surface area contributed by atoms with Crippen molar-refractivity contribution in [3.63, 3.8) is 0 Å². The molecule has 3 aromatic rings. The molecule has 2 aromatic carbocycles. The average Bonchev–Trinajstić information content (AvgIpc) is 3.14. The topological polar surface area (TPSA) is 52.5 Å². The highest BCUT2D eigenvalue weighted by atomic mass is 16.5. The predicted octanol–water partition coefficient (Wildman–Crippen LogP) is 5.32. The molecule has 170 valence electrons. The number of hydrogen-bond donors (Lipinski definition) is 1. The zero-order chi connectivity index (χ0) is 23.1. The molecule has 0 aliphatic rings. The molecular weight excluding hydrogens is 400 g/mol. The van der Waals surface area contributed by atoms with E-state index in [2.05, 4.69) is 61.5 Å². The molecule has 0 aliphatic carbocycles. The Morgan fingerprint density at radius 1 is 1.16 bits per heavy atom. The molecule has 1 N–H and O–H groups in total. The summed E-state index contributed by atoms with van der Waals surface area (Å²) in [6.07, 6.45) is 2.49. The van der Waals surface area contributed by atoms with Gasteiger partial charge in [0.25, 0.3) is 5.91 Å². The molecule has 1 heterocycles. The molecule has 0 radical (unpaired) electrons. The molecule has 0 saturated heterocycles. The molecule has 32 heavy (non-hydrogen) atoms. The summed E-state index contributed by atoms with van der Waals surface area (Å²) >= 11 is 0. The maximum Gasteiger partial charge on any atom is 0.267 e. The van der Waals surface area contributed by atoms with Crippen LogP contribution < -0.4 is 10.1 Å². The van der Waals surface area contributed by atoms with Gasteiger partial charge in [0.1, 0.15) is 18.1 Å². The Balaban J connectivity index is 1.97. The molecule has 3 rings (SSSR count). The third-order valence-electron chi connectivity index (χ3n) is 5.47. The molecule has 1 aromatic heterocycles. The Kier molecular flexibility index (Phi) is 7.75. The fraction of sp³-hybridized carbons (Fsp3) is 0.370. The summed E-state index contributed by atoms with van der Waals surface area (Å²) < 4.78 is 13.0. The van der Waals surface area contributed by atoms with E-state index in [-0.39, 0.29) is 11.3 Å². The fourth-order valence-electron chi connectivity index (χ4n) is 3.69. The van der Waals surface area contributed by atoms with Crippen LogP contribution in [0.2, 0.25) is 0 Å². The zero-order valence-corrected chi connectivity index (χ0v) is 19.6. The van der Waals surface area contributed by atoms with Gasteiger partial charge in [-0.2, -0.15) is 0 Å². The van der Waals surface area contributed by atoms with Crippen molar-refractivity contribution in [2.45, 2.75) is 39.2 Å². The standard InChI is InChI=1S/C27H34N2O3/c1-6-16-32-25-10-7-9-23-22(25)18-24(26(30)28-15-8-17-31-5)29(23)19-20-11-13-21(14-12-20)27(2,3)4/h6-7,9-14,18H,1,8,15-17,19H2,2-5H3,(H,28,30). The molecule has 0 saturated carbocycles. The Hall–Kier alpha value is -3.05. The first-order valence-electron chi connectivity index (χ1n) is 11.1. The number of ether oxygens (including phenoxy) is 2. The summed E-state index contributed by atoms with van der Waals surface area (Å²) in [4.78, 5) is 13.1. The summed E-state index contributed by atoms with van der Waals surface area (Å²) in [5, 5.41) is 3.93. The normalized spacial score (nSPS) is 11.5. The van der Waals surface area contributed by atoms with Gasteiger partial charge in [0, 0.05) is 32.2 Å².